The van der Waals surface area contributed by atoms with E-state index < -0.39 is 10.2 Å². The van der Waals surface area contributed by atoms with Gasteiger partial charge < -0.3 is 5.32 Å². The van der Waals surface area contributed by atoms with Gasteiger partial charge in [-0.1, -0.05) is 0 Å². The van der Waals surface area contributed by atoms with E-state index in [2.05, 4.69) is 5.32 Å². The summed E-state index contributed by atoms with van der Waals surface area (Å²) in [4.78, 5) is 0. The van der Waals surface area contributed by atoms with Gasteiger partial charge in [0, 0.05) is 33.2 Å². The van der Waals surface area contributed by atoms with E-state index in [-0.39, 0.29) is 0 Å². The fourth-order valence-corrected chi connectivity index (χ4v) is 3.42. The van der Waals surface area contributed by atoms with E-state index in [1.807, 2.05) is 0 Å². The van der Waals surface area contributed by atoms with Gasteiger partial charge in [0.05, 0.1) is 0 Å². The number of fused-ring (bicyclic) bond motifs is 1. The van der Waals surface area contributed by atoms with Crippen molar-refractivity contribution in [3.63, 3.8) is 0 Å². The molecule has 2 fully saturated rings. The number of rotatable bonds is 2. The normalized spacial score (nSPS) is 33.9. The maximum absolute atomic E-state index is 11.8. The Morgan fingerprint density at radius 2 is 2.07 bits per heavy atom. The maximum atomic E-state index is 11.8. The van der Waals surface area contributed by atoms with Crippen molar-refractivity contribution < 1.29 is 8.42 Å². The van der Waals surface area contributed by atoms with Crippen LogP contribution in [0, 0.1) is 5.92 Å². The lowest BCUT2D eigenvalue weighted by molar-refractivity contribution is 0.403. The summed E-state index contributed by atoms with van der Waals surface area (Å²) in [6, 6.07) is 0.379. The molecular formula is C8H17N3O2S. The second-order valence-corrected chi connectivity index (χ2v) is 6.36. The van der Waals surface area contributed by atoms with Crippen molar-refractivity contribution in [1.29, 1.82) is 0 Å². The third-order valence-corrected chi connectivity index (χ3v) is 4.99. The van der Waals surface area contributed by atoms with Gasteiger partial charge in [-0.3, -0.25) is 0 Å². The Bertz CT molecular complexity index is 303. The zero-order valence-corrected chi connectivity index (χ0v) is 9.42. The first-order valence-corrected chi connectivity index (χ1v) is 6.32. The van der Waals surface area contributed by atoms with E-state index in [4.69, 9.17) is 0 Å². The highest BCUT2D eigenvalue weighted by Gasteiger charge is 2.41. The van der Waals surface area contributed by atoms with Crippen LogP contribution in [0.3, 0.4) is 0 Å². The van der Waals surface area contributed by atoms with Gasteiger partial charge in [-0.2, -0.15) is 17.0 Å². The van der Waals surface area contributed by atoms with E-state index in [1.54, 1.807) is 18.4 Å². The molecule has 14 heavy (non-hydrogen) atoms. The Kier molecular flexibility index (Phi) is 2.55. The van der Waals surface area contributed by atoms with E-state index in [1.165, 1.54) is 4.31 Å². The van der Waals surface area contributed by atoms with Gasteiger partial charge in [0.2, 0.25) is 0 Å². The molecule has 2 rings (SSSR count). The summed E-state index contributed by atoms with van der Waals surface area (Å²) in [5.74, 6) is 0.518. The summed E-state index contributed by atoms with van der Waals surface area (Å²) in [7, 11) is -0.0316. The highest BCUT2D eigenvalue weighted by molar-refractivity contribution is 7.86. The van der Waals surface area contributed by atoms with E-state index in [9.17, 15) is 8.42 Å². The number of nitrogens with zero attached hydrogens (tertiary/aromatic N) is 2. The molecule has 2 atom stereocenters. The molecule has 0 amide bonds. The third-order valence-electron chi connectivity index (χ3n) is 3.12. The minimum absolute atomic E-state index is 0.379. The largest absolute Gasteiger partial charge is 0.312 e. The van der Waals surface area contributed by atoms with Crippen LogP contribution in [0.2, 0.25) is 0 Å². The van der Waals surface area contributed by atoms with Crippen LogP contribution in [-0.2, 0) is 10.2 Å². The molecule has 0 radical (unpaired) electrons. The summed E-state index contributed by atoms with van der Waals surface area (Å²) in [5.41, 5.74) is 0. The molecule has 0 bridgehead atoms. The van der Waals surface area contributed by atoms with Crippen molar-refractivity contribution in [2.24, 2.45) is 5.92 Å². The van der Waals surface area contributed by atoms with Gasteiger partial charge in [0.15, 0.2) is 0 Å². The summed E-state index contributed by atoms with van der Waals surface area (Å²) in [5, 5.41) is 3.33. The average molecular weight is 219 g/mol. The maximum Gasteiger partial charge on any atom is 0.281 e. The fraction of sp³-hybridized carbons (Fsp3) is 1.00. The fourth-order valence-electron chi connectivity index (χ4n) is 2.23. The number of hydrogen-bond acceptors (Lipinski definition) is 3. The van der Waals surface area contributed by atoms with Crippen molar-refractivity contribution in [1.82, 2.24) is 13.9 Å². The van der Waals surface area contributed by atoms with Crippen LogP contribution in [0.1, 0.15) is 6.42 Å². The number of hydrogen-bond donors (Lipinski definition) is 1. The Hall–Kier alpha value is -0.170. The molecule has 5 nitrogen and oxygen atoms in total. The molecule has 0 aromatic carbocycles. The molecule has 0 unspecified atom stereocenters. The van der Waals surface area contributed by atoms with Gasteiger partial charge in [-0.15, -0.1) is 0 Å². The zero-order chi connectivity index (χ0) is 10.3. The van der Waals surface area contributed by atoms with E-state index in [0.717, 1.165) is 13.0 Å². The van der Waals surface area contributed by atoms with Crippen LogP contribution < -0.4 is 5.32 Å². The molecule has 2 heterocycles. The van der Waals surface area contributed by atoms with Gasteiger partial charge >= 0.3 is 0 Å². The van der Waals surface area contributed by atoms with Crippen molar-refractivity contribution in [2.75, 3.05) is 33.7 Å². The number of nitrogens with one attached hydrogen (secondary N) is 1. The molecule has 2 aliphatic rings. The van der Waals surface area contributed by atoms with Gasteiger partial charge in [0.1, 0.15) is 0 Å². The highest BCUT2D eigenvalue weighted by Crippen LogP contribution is 2.26. The molecule has 0 aliphatic carbocycles. The van der Waals surface area contributed by atoms with Gasteiger partial charge in [0.25, 0.3) is 10.2 Å². The first-order valence-electron chi connectivity index (χ1n) is 4.93. The van der Waals surface area contributed by atoms with E-state index in [0.29, 0.717) is 25.0 Å². The van der Waals surface area contributed by atoms with Crippen LogP contribution in [0.25, 0.3) is 0 Å². The van der Waals surface area contributed by atoms with Crippen LogP contribution in [0.4, 0.5) is 0 Å². The minimum atomic E-state index is -3.19. The van der Waals surface area contributed by atoms with Crippen LogP contribution in [-0.4, -0.2) is 56.8 Å². The predicted octanol–water partition coefficient (Wildman–Crippen LogP) is -0.913. The minimum Gasteiger partial charge on any atom is -0.312 e. The molecule has 82 valence electrons. The third kappa shape index (κ3) is 1.56. The molecule has 0 aromatic heterocycles. The average Bonchev–Trinajstić information content (AvgIpc) is 2.60. The van der Waals surface area contributed by atoms with Crippen molar-refractivity contribution in [3.8, 4) is 0 Å². The second kappa shape index (κ2) is 3.44. The van der Waals surface area contributed by atoms with Crippen LogP contribution in [0.5, 0.6) is 0 Å². The molecule has 6 heteroatoms. The smallest absolute Gasteiger partial charge is 0.281 e. The molecule has 0 spiro atoms. The summed E-state index contributed by atoms with van der Waals surface area (Å²) in [6.45, 7) is 2.34. The lowest BCUT2D eigenvalue weighted by atomic mass is 10.1. The molecule has 2 aliphatic heterocycles. The first kappa shape index (κ1) is 10.4. The lowest BCUT2D eigenvalue weighted by Crippen LogP contribution is -2.40. The summed E-state index contributed by atoms with van der Waals surface area (Å²) < 4.78 is 26.4. The summed E-state index contributed by atoms with van der Waals surface area (Å²) >= 11 is 0. The zero-order valence-electron chi connectivity index (χ0n) is 8.60. The van der Waals surface area contributed by atoms with Gasteiger partial charge in [-0.05, 0) is 18.9 Å². The Morgan fingerprint density at radius 1 is 1.36 bits per heavy atom. The Balaban J connectivity index is 2.09. The molecule has 0 aromatic rings. The highest BCUT2D eigenvalue weighted by atomic mass is 32.2. The topological polar surface area (TPSA) is 52.7 Å². The van der Waals surface area contributed by atoms with Crippen LogP contribution in [0.15, 0.2) is 0 Å². The van der Waals surface area contributed by atoms with Crippen molar-refractivity contribution in [2.45, 2.75) is 12.5 Å². The SMILES string of the molecule is CN(C)S(=O)(=O)N1C[C@@H]2CCN[C@@H]2C1. The second-order valence-electron chi connectivity index (χ2n) is 4.22. The Morgan fingerprint density at radius 3 is 2.64 bits per heavy atom. The molecule has 2 saturated heterocycles. The lowest BCUT2D eigenvalue weighted by Gasteiger charge is -2.21. The monoisotopic (exact) mass is 219 g/mol. The Labute approximate surface area is 85.2 Å². The van der Waals surface area contributed by atoms with Gasteiger partial charge in [-0.25, -0.2) is 0 Å². The molecule has 0 saturated carbocycles. The van der Waals surface area contributed by atoms with E-state index >= 15 is 0 Å². The molecular weight excluding hydrogens is 202 g/mol. The van der Waals surface area contributed by atoms with Crippen molar-refractivity contribution in [3.05, 3.63) is 0 Å². The predicted molar refractivity (Wildman–Crippen MR) is 54.1 cm³/mol. The quantitative estimate of drug-likeness (QED) is 0.654. The van der Waals surface area contributed by atoms with Crippen LogP contribution >= 0.6 is 0 Å². The van der Waals surface area contributed by atoms with Crippen molar-refractivity contribution >= 4 is 10.2 Å². The first-order chi connectivity index (χ1) is 6.51. The summed E-state index contributed by atoms with van der Waals surface area (Å²) in [6.07, 6.45) is 1.10. The molecule has 1 N–H and O–H groups in total. The standard InChI is InChI=1S/C8H17N3O2S/c1-10(2)14(12,13)11-5-7-3-4-9-8(7)6-11/h7-9H,3-6H2,1-2H3/t7-,8+/m0/s1.